The lowest BCUT2D eigenvalue weighted by Crippen LogP contribution is -1.65. The lowest BCUT2D eigenvalue weighted by Gasteiger charge is -1.75. The minimum atomic E-state index is -0.146. The van der Waals surface area contributed by atoms with Crippen LogP contribution < -0.4 is 0 Å². The van der Waals surface area contributed by atoms with E-state index in [9.17, 15) is 4.21 Å². The van der Waals surface area contributed by atoms with E-state index in [0.29, 0.717) is 10.2 Å². The first-order valence-corrected chi connectivity index (χ1v) is 4.82. The largest absolute Gasteiger partial charge is 0.205 e. The number of hydrogen-bond acceptors (Lipinski definition) is 1. The van der Waals surface area contributed by atoms with Crippen LogP contribution in [-0.4, -0.2) is 4.21 Å². The fourth-order valence-corrected chi connectivity index (χ4v) is 2.31. The Morgan fingerprint density at radius 2 is 2.50 bits per heavy atom. The first-order chi connectivity index (χ1) is 3.83. The van der Waals surface area contributed by atoms with Crippen LogP contribution in [0, 0.1) is 0 Å². The molecule has 0 saturated heterocycles. The second-order valence-electron chi connectivity index (χ2n) is 1.56. The Morgan fingerprint density at radius 1 is 1.75 bits per heavy atom. The molecule has 0 aromatic carbocycles. The summed E-state index contributed by atoms with van der Waals surface area (Å²) in [5, 5.41) is 3.92. The summed E-state index contributed by atoms with van der Waals surface area (Å²) in [5.41, 5.74) is 1.21. The van der Waals surface area contributed by atoms with Crippen molar-refractivity contribution in [1.29, 1.82) is 0 Å². The monoisotopic (exact) mass is 146 g/mol. The standard InChI is InChI=1S/C5H6OS2/c1-5-2-3-8(4-5)7-6/h2-4H,1H3. The highest BCUT2D eigenvalue weighted by molar-refractivity contribution is 8.34. The van der Waals surface area contributed by atoms with Gasteiger partial charge in [0.2, 0.25) is 0 Å². The molecule has 0 aliphatic carbocycles. The Kier molecular flexibility index (Phi) is 1.81. The highest BCUT2D eigenvalue weighted by Gasteiger charge is 1.93. The molecule has 0 bridgehead atoms. The zero-order valence-electron chi connectivity index (χ0n) is 4.46. The van der Waals surface area contributed by atoms with Gasteiger partial charge in [-0.2, -0.15) is 0 Å². The molecule has 0 N–H and O–H groups in total. The van der Waals surface area contributed by atoms with E-state index in [2.05, 4.69) is 0 Å². The maximum Gasteiger partial charge on any atom is 0.129 e. The lowest BCUT2D eigenvalue weighted by molar-refractivity contribution is 0.701. The molecule has 0 spiro atoms. The molecule has 1 atom stereocenters. The summed E-state index contributed by atoms with van der Waals surface area (Å²) < 4.78 is 10.1. The van der Waals surface area contributed by atoms with Crippen molar-refractivity contribution in [2.45, 2.75) is 6.92 Å². The summed E-state index contributed by atoms with van der Waals surface area (Å²) in [7, 11) is 0.505. The van der Waals surface area contributed by atoms with Crippen molar-refractivity contribution in [3.05, 3.63) is 22.5 Å². The first-order valence-electron chi connectivity index (χ1n) is 2.22. The second kappa shape index (κ2) is 2.42. The van der Waals surface area contributed by atoms with E-state index in [-0.39, 0.29) is 9.45 Å². The Hall–Kier alpha value is -0.150. The van der Waals surface area contributed by atoms with Crippen LogP contribution in [0.2, 0.25) is 0 Å². The van der Waals surface area contributed by atoms with Gasteiger partial charge in [-0.05, 0) is 32.8 Å². The maximum atomic E-state index is 10.1. The van der Waals surface area contributed by atoms with Crippen LogP contribution in [0.25, 0.3) is 0 Å². The van der Waals surface area contributed by atoms with Crippen molar-refractivity contribution in [2.75, 3.05) is 0 Å². The van der Waals surface area contributed by atoms with Gasteiger partial charge in [0, 0.05) is 0 Å². The van der Waals surface area contributed by atoms with Gasteiger partial charge in [-0.1, -0.05) is 6.08 Å². The normalized spacial score (nSPS) is 25.6. The van der Waals surface area contributed by atoms with Gasteiger partial charge in [-0.15, -0.1) is 0 Å². The molecule has 0 aromatic heterocycles. The molecule has 0 fully saturated rings. The summed E-state index contributed by atoms with van der Waals surface area (Å²) in [6.45, 7) is 2.00. The van der Waals surface area contributed by atoms with Gasteiger partial charge in [0.1, 0.15) is 10.2 Å². The van der Waals surface area contributed by atoms with Crippen molar-refractivity contribution < 1.29 is 4.21 Å². The predicted octanol–water partition coefficient (Wildman–Crippen LogP) is 1.16. The summed E-state index contributed by atoms with van der Waals surface area (Å²) >= 11 is 0. The van der Waals surface area contributed by atoms with Crippen molar-refractivity contribution in [3.63, 3.8) is 0 Å². The molecule has 0 aromatic rings. The van der Waals surface area contributed by atoms with E-state index >= 15 is 0 Å². The van der Waals surface area contributed by atoms with Gasteiger partial charge in [0.05, 0.1) is 0 Å². The summed E-state index contributed by atoms with van der Waals surface area (Å²) in [5.74, 6) is 0. The van der Waals surface area contributed by atoms with Crippen LogP contribution in [0.1, 0.15) is 6.92 Å². The minimum absolute atomic E-state index is 0.146. The SMILES string of the molecule is CC1=CS(=S=O)C=C1. The molecule has 1 aliphatic heterocycles. The molecule has 44 valence electrons. The molecule has 0 radical (unpaired) electrons. The van der Waals surface area contributed by atoms with E-state index in [1.807, 2.05) is 23.8 Å². The Morgan fingerprint density at radius 3 is 2.75 bits per heavy atom. The molecule has 3 heteroatoms. The molecule has 1 nitrogen and oxygen atoms in total. The Bertz CT molecular complexity index is 208. The minimum Gasteiger partial charge on any atom is -0.205 e. The molecule has 8 heavy (non-hydrogen) atoms. The van der Waals surface area contributed by atoms with Gasteiger partial charge >= 0.3 is 0 Å². The van der Waals surface area contributed by atoms with Crippen molar-refractivity contribution in [1.82, 2.24) is 0 Å². The predicted molar refractivity (Wildman–Crippen MR) is 38.4 cm³/mol. The highest BCUT2D eigenvalue weighted by Crippen LogP contribution is 2.07. The fourth-order valence-electron chi connectivity index (χ4n) is 0.478. The number of hydrogen-bond donors (Lipinski definition) is 0. The van der Waals surface area contributed by atoms with Crippen molar-refractivity contribution >= 4 is 19.7 Å². The van der Waals surface area contributed by atoms with E-state index in [1.165, 1.54) is 5.57 Å². The van der Waals surface area contributed by atoms with Crippen LogP contribution in [0.3, 0.4) is 0 Å². The van der Waals surface area contributed by atoms with Gasteiger partial charge in [0.25, 0.3) is 0 Å². The third kappa shape index (κ3) is 1.17. The van der Waals surface area contributed by atoms with Crippen LogP contribution in [0.15, 0.2) is 22.5 Å². The van der Waals surface area contributed by atoms with E-state index in [4.69, 9.17) is 0 Å². The Balaban J connectivity index is 3.01. The van der Waals surface area contributed by atoms with Crippen molar-refractivity contribution in [3.8, 4) is 0 Å². The average molecular weight is 146 g/mol. The smallest absolute Gasteiger partial charge is 0.129 e. The summed E-state index contributed by atoms with van der Waals surface area (Å²) in [6, 6.07) is 0. The molecule has 0 amide bonds. The van der Waals surface area contributed by atoms with Gasteiger partial charge in [-0.25, -0.2) is 4.21 Å². The van der Waals surface area contributed by atoms with Gasteiger partial charge < -0.3 is 0 Å². The zero-order valence-corrected chi connectivity index (χ0v) is 6.09. The zero-order chi connectivity index (χ0) is 5.98. The fraction of sp³-hybridized carbons (Fsp3) is 0.200. The van der Waals surface area contributed by atoms with Crippen LogP contribution in [-0.2, 0) is 19.7 Å². The first kappa shape index (κ1) is 5.98. The van der Waals surface area contributed by atoms with Crippen molar-refractivity contribution in [2.24, 2.45) is 0 Å². The highest BCUT2D eigenvalue weighted by atomic mass is 32.8. The van der Waals surface area contributed by atoms with Gasteiger partial charge in [-0.3, -0.25) is 0 Å². The molecule has 1 heterocycles. The van der Waals surface area contributed by atoms with E-state index in [0.717, 1.165) is 0 Å². The lowest BCUT2D eigenvalue weighted by atomic mass is 10.4. The Labute approximate surface area is 53.8 Å². The summed E-state index contributed by atoms with van der Waals surface area (Å²) in [6.07, 6.45) is 1.98. The molecule has 0 saturated carbocycles. The topological polar surface area (TPSA) is 17.1 Å². The molecular formula is C5H6OS2. The van der Waals surface area contributed by atoms with Crippen LogP contribution in [0.5, 0.6) is 0 Å². The maximum absolute atomic E-state index is 10.1. The van der Waals surface area contributed by atoms with Crippen LogP contribution >= 0.6 is 0 Å². The average Bonchev–Trinajstić information content (AvgIpc) is 2.14. The van der Waals surface area contributed by atoms with Crippen LogP contribution in [0.4, 0.5) is 0 Å². The number of rotatable bonds is 0. The second-order valence-corrected chi connectivity index (χ2v) is 4.43. The molecule has 1 rings (SSSR count). The molecular weight excluding hydrogens is 140 g/mol. The van der Waals surface area contributed by atoms with E-state index in [1.54, 1.807) is 0 Å². The number of allylic oxidation sites excluding steroid dienone is 2. The summed E-state index contributed by atoms with van der Waals surface area (Å²) in [4.78, 5) is 0. The molecule has 1 unspecified atom stereocenters. The van der Waals surface area contributed by atoms with E-state index < -0.39 is 0 Å². The van der Waals surface area contributed by atoms with Gasteiger partial charge in [0.15, 0.2) is 0 Å². The third-order valence-corrected chi connectivity index (χ3v) is 3.10. The molecule has 1 aliphatic rings. The quantitative estimate of drug-likeness (QED) is 0.501. The third-order valence-electron chi connectivity index (χ3n) is 0.846.